The number of nitriles is 2. The van der Waals surface area contributed by atoms with E-state index in [1.807, 2.05) is 12.1 Å². The SMILES string of the molecule is C=CCC1COCCC1=C(C#N)C#N. The summed E-state index contributed by atoms with van der Waals surface area (Å²) >= 11 is 0. The lowest BCUT2D eigenvalue weighted by Gasteiger charge is -2.24. The third kappa shape index (κ3) is 2.22. The Bertz CT molecular complexity index is 314. The average Bonchev–Trinajstić information content (AvgIpc) is 2.23. The summed E-state index contributed by atoms with van der Waals surface area (Å²) in [7, 11) is 0. The molecule has 1 fully saturated rings. The van der Waals surface area contributed by atoms with Crippen LogP contribution in [0.5, 0.6) is 0 Å². The summed E-state index contributed by atoms with van der Waals surface area (Å²) < 4.78 is 5.30. The topological polar surface area (TPSA) is 56.8 Å². The molecule has 1 atom stereocenters. The van der Waals surface area contributed by atoms with Gasteiger partial charge >= 0.3 is 0 Å². The summed E-state index contributed by atoms with van der Waals surface area (Å²) in [5, 5.41) is 17.5. The van der Waals surface area contributed by atoms with Gasteiger partial charge in [-0.05, 0) is 18.4 Å². The largest absolute Gasteiger partial charge is 0.380 e. The molecule has 1 rings (SSSR count). The highest BCUT2D eigenvalue weighted by molar-refractivity contribution is 5.41. The maximum absolute atomic E-state index is 8.77. The van der Waals surface area contributed by atoms with Gasteiger partial charge in [0.1, 0.15) is 17.7 Å². The van der Waals surface area contributed by atoms with E-state index >= 15 is 0 Å². The zero-order valence-corrected chi connectivity index (χ0v) is 7.99. The zero-order chi connectivity index (χ0) is 10.4. The summed E-state index contributed by atoms with van der Waals surface area (Å²) in [6.07, 6.45) is 3.25. The third-order valence-corrected chi connectivity index (χ3v) is 2.32. The van der Waals surface area contributed by atoms with Crippen molar-refractivity contribution in [1.29, 1.82) is 10.5 Å². The van der Waals surface area contributed by atoms with E-state index in [0.29, 0.717) is 19.6 Å². The Morgan fingerprint density at radius 2 is 2.29 bits per heavy atom. The summed E-state index contributed by atoms with van der Waals surface area (Å²) in [5.74, 6) is 0.163. The fourth-order valence-electron chi connectivity index (χ4n) is 1.62. The van der Waals surface area contributed by atoms with Crippen LogP contribution in [0.15, 0.2) is 23.8 Å². The van der Waals surface area contributed by atoms with Gasteiger partial charge in [-0.3, -0.25) is 0 Å². The number of nitrogens with zero attached hydrogens (tertiary/aromatic N) is 2. The predicted molar refractivity (Wildman–Crippen MR) is 52.0 cm³/mol. The van der Waals surface area contributed by atoms with Crippen molar-refractivity contribution >= 4 is 0 Å². The van der Waals surface area contributed by atoms with Gasteiger partial charge in [0, 0.05) is 5.92 Å². The van der Waals surface area contributed by atoms with Crippen molar-refractivity contribution < 1.29 is 4.74 Å². The Morgan fingerprint density at radius 3 is 2.86 bits per heavy atom. The van der Waals surface area contributed by atoms with Gasteiger partial charge in [-0.2, -0.15) is 10.5 Å². The molecule has 1 saturated heterocycles. The molecule has 0 aromatic rings. The summed E-state index contributed by atoms with van der Waals surface area (Å²) in [5.41, 5.74) is 1.18. The average molecular weight is 188 g/mol. The number of rotatable bonds is 2. The first kappa shape index (κ1) is 10.5. The smallest absolute Gasteiger partial charge is 0.129 e. The molecule has 1 heterocycles. The molecule has 0 saturated carbocycles. The standard InChI is InChI=1S/C11H12N2O/c1-2-3-9-8-14-5-4-11(9)10(6-12)7-13/h2,9H,1,3-5,8H2. The highest BCUT2D eigenvalue weighted by atomic mass is 16.5. The molecule has 72 valence electrons. The second-order valence-electron chi connectivity index (χ2n) is 3.17. The fraction of sp³-hybridized carbons (Fsp3) is 0.455. The second kappa shape index (κ2) is 5.21. The molecule has 0 radical (unpaired) electrons. The van der Waals surface area contributed by atoms with Crippen molar-refractivity contribution in [2.24, 2.45) is 5.92 Å². The number of allylic oxidation sites excluding steroid dienone is 2. The van der Waals surface area contributed by atoms with Gasteiger partial charge in [0.15, 0.2) is 0 Å². The van der Waals surface area contributed by atoms with Crippen LogP contribution in [-0.2, 0) is 4.74 Å². The van der Waals surface area contributed by atoms with Crippen LogP contribution in [-0.4, -0.2) is 13.2 Å². The lowest BCUT2D eigenvalue weighted by molar-refractivity contribution is 0.0850. The lowest BCUT2D eigenvalue weighted by atomic mass is 9.89. The van der Waals surface area contributed by atoms with Crippen LogP contribution in [0.25, 0.3) is 0 Å². The Balaban J connectivity index is 2.93. The molecule has 0 aliphatic carbocycles. The van der Waals surface area contributed by atoms with Crippen LogP contribution >= 0.6 is 0 Å². The fourth-order valence-corrected chi connectivity index (χ4v) is 1.62. The molecule has 3 heteroatoms. The van der Waals surface area contributed by atoms with Crippen molar-refractivity contribution in [1.82, 2.24) is 0 Å². The predicted octanol–water partition coefficient (Wildman–Crippen LogP) is 1.94. The normalized spacial score (nSPS) is 20.7. The van der Waals surface area contributed by atoms with Crippen LogP contribution in [0.4, 0.5) is 0 Å². The van der Waals surface area contributed by atoms with E-state index in [4.69, 9.17) is 15.3 Å². The van der Waals surface area contributed by atoms with Gasteiger partial charge in [0.05, 0.1) is 13.2 Å². The number of hydrogen-bond acceptors (Lipinski definition) is 3. The van der Waals surface area contributed by atoms with Crippen LogP contribution in [0.1, 0.15) is 12.8 Å². The summed E-state index contributed by atoms with van der Waals surface area (Å²) in [6, 6.07) is 3.88. The Morgan fingerprint density at radius 1 is 1.57 bits per heavy atom. The molecule has 0 aromatic heterocycles. The van der Waals surface area contributed by atoms with E-state index in [1.54, 1.807) is 6.08 Å². The van der Waals surface area contributed by atoms with Crippen molar-refractivity contribution in [2.75, 3.05) is 13.2 Å². The zero-order valence-electron chi connectivity index (χ0n) is 7.99. The third-order valence-electron chi connectivity index (χ3n) is 2.32. The van der Waals surface area contributed by atoms with E-state index in [1.165, 1.54) is 0 Å². The summed E-state index contributed by atoms with van der Waals surface area (Å²) in [6.45, 7) is 4.85. The quantitative estimate of drug-likeness (QED) is 0.491. The summed E-state index contributed by atoms with van der Waals surface area (Å²) in [4.78, 5) is 0. The monoisotopic (exact) mass is 188 g/mol. The minimum atomic E-state index is 0.163. The lowest BCUT2D eigenvalue weighted by Crippen LogP contribution is -2.20. The molecular formula is C11H12N2O. The van der Waals surface area contributed by atoms with Crippen molar-refractivity contribution in [3.63, 3.8) is 0 Å². The van der Waals surface area contributed by atoms with Crippen LogP contribution in [0.2, 0.25) is 0 Å². The van der Waals surface area contributed by atoms with Gasteiger partial charge in [-0.1, -0.05) is 6.08 Å². The number of hydrogen-bond donors (Lipinski definition) is 0. The molecule has 1 aliphatic heterocycles. The molecule has 0 spiro atoms. The van der Waals surface area contributed by atoms with Crippen molar-refractivity contribution in [3.05, 3.63) is 23.8 Å². The van der Waals surface area contributed by atoms with Crippen LogP contribution in [0.3, 0.4) is 0 Å². The van der Waals surface area contributed by atoms with Gasteiger partial charge in [-0.25, -0.2) is 0 Å². The van der Waals surface area contributed by atoms with E-state index < -0.39 is 0 Å². The molecule has 1 aliphatic rings. The van der Waals surface area contributed by atoms with Crippen molar-refractivity contribution in [2.45, 2.75) is 12.8 Å². The minimum absolute atomic E-state index is 0.163. The molecule has 0 N–H and O–H groups in total. The first-order valence-electron chi connectivity index (χ1n) is 4.55. The molecule has 0 amide bonds. The van der Waals surface area contributed by atoms with E-state index in [-0.39, 0.29) is 11.5 Å². The highest BCUT2D eigenvalue weighted by Gasteiger charge is 2.21. The maximum atomic E-state index is 8.77. The Labute approximate surface area is 83.9 Å². The Hall–Kier alpha value is -1.58. The van der Waals surface area contributed by atoms with Crippen LogP contribution < -0.4 is 0 Å². The van der Waals surface area contributed by atoms with Gasteiger partial charge in [-0.15, -0.1) is 6.58 Å². The Kier molecular flexibility index (Phi) is 3.91. The van der Waals surface area contributed by atoms with E-state index in [2.05, 4.69) is 6.58 Å². The molecule has 0 bridgehead atoms. The minimum Gasteiger partial charge on any atom is -0.380 e. The number of ether oxygens (including phenoxy) is 1. The first-order chi connectivity index (χ1) is 6.83. The van der Waals surface area contributed by atoms with Crippen LogP contribution in [0, 0.1) is 28.6 Å². The molecule has 1 unspecified atom stereocenters. The highest BCUT2D eigenvalue weighted by Crippen LogP contribution is 2.26. The van der Waals surface area contributed by atoms with Crippen molar-refractivity contribution in [3.8, 4) is 12.1 Å². The maximum Gasteiger partial charge on any atom is 0.129 e. The molecule has 0 aromatic carbocycles. The van der Waals surface area contributed by atoms with E-state index in [9.17, 15) is 0 Å². The van der Waals surface area contributed by atoms with Gasteiger partial charge in [0.2, 0.25) is 0 Å². The van der Waals surface area contributed by atoms with E-state index in [0.717, 1.165) is 12.0 Å². The van der Waals surface area contributed by atoms with Gasteiger partial charge < -0.3 is 4.74 Å². The molecule has 3 nitrogen and oxygen atoms in total. The molecule has 14 heavy (non-hydrogen) atoms. The molecular weight excluding hydrogens is 176 g/mol. The second-order valence-corrected chi connectivity index (χ2v) is 3.17. The van der Waals surface area contributed by atoms with Gasteiger partial charge in [0.25, 0.3) is 0 Å². The first-order valence-corrected chi connectivity index (χ1v) is 4.55.